The Balaban J connectivity index is 1.74. The second-order valence-corrected chi connectivity index (χ2v) is 7.09. The molecule has 0 fully saturated rings. The molecule has 0 aliphatic heterocycles. The van der Waals surface area contributed by atoms with E-state index in [9.17, 15) is 0 Å². The van der Waals surface area contributed by atoms with E-state index in [4.69, 9.17) is 5.73 Å². The van der Waals surface area contributed by atoms with Crippen LogP contribution in [0, 0.1) is 6.92 Å². The van der Waals surface area contributed by atoms with Gasteiger partial charge in [-0.2, -0.15) is 0 Å². The molecule has 2 aromatic carbocycles. The first-order valence-corrected chi connectivity index (χ1v) is 8.52. The zero-order valence-corrected chi connectivity index (χ0v) is 13.4. The Morgan fingerprint density at radius 2 is 1.76 bits per heavy atom. The van der Waals surface area contributed by atoms with Gasteiger partial charge in [-0.3, -0.25) is 0 Å². The zero-order chi connectivity index (χ0) is 14.7. The quantitative estimate of drug-likeness (QED) is 0.690. The molecule has 0 saturated heterocycles. The van der Waals surface area contributed by atoms with Crippen LogP contribution in [0.2, 0.25) is 0 Å². The summed E-state index contributed by atoms with van der Waals surface area (Å²) in [5.74, 6) is 0.918. The van der Waals surface area contributed by atoms with Crippen molar-refractivity contribution in [3.8, 4) is 11.3 Å². The van der Waals surface area contributed by atoms with Crippen molar-refractivity contribution in [3.63, 3.8) is 0 Å². The van der Waals surface area contributed by atoms with Crippen molar-refractivity contribution in [2.75, 3.05) is 5.73 Å². The number of aromatic nitrogens is 1. The van der Waals surface area contributed by atoms with Gasteiger partial charge in [0.2, 0.25) is 0 Å². The number of nitrogens with two attached hydrogens (primary N) is 1. The average molecular weight is 312 g/mol. The molecule has 0 radical (unpaired) electrons. The highest BCUT2D eigenvalue weighted by Gasteiger charge is 2.10. The predicted octanol–water partition coefficient (Wildman–Crippen LogP) is 4.99. The molecule has 3 rings (SSSR count). The summed E-state index contributed by atoms with van der Waals surface area (Å²) < 4.78 is 1.02. The standard InChI is InChI=1S/C17H16N2S2/c1-12-7-9-13(10-8-12)11-20-17-19-15(16(18)21-17)14-5-3-2-4-6-14/h2-10H,11,18H2,1H3. The summed E-state index contributed by atoms with van der Waals surface area (Å²) in [4.78, 5) is 4.67. The van der Waals surface area contributed by atoms with E-state index in [1.165, 1.54) is 11.1 Å². The molecule has 21 heavy (non-hydrogen) atoms. The number of anilines is 1. The molecule has 1 heterocycles. The predicted molar refractivity (Wildman–Crippen MR) is 92.7 cm³/mol. The van der Waals surface area contributed by atoms with Crippen LogP contribution in [0.4, 0.5) is 5.00 Å². The van der Waals surface area contributed by atoms with Gasteiger partial charge in [-0.05, 0) is 12.5 Å². The van der Waals surface area contributed by atoms with Crippen molar-refractivity contribution in [2.24, 2.45) is 0 Å². The van der Waals surface area contributed by atoms with Crippen LogP contribution in [-0.4, -0.2) is 4.98 Å². The lowest BCUT2D eigenvalue weighted by molar-refractivity contribution is 1.24. The molecule has 3 aromatic rings. The smallest absolute Gasteiger partial charge is 0.152 e. The van der Waals surface area contributed by atoms with Crippen molar-refractivity contribution in [3.05, 3.63) is 65.7 Å². The van der Waals surface area contributed by atoms with E-state index in [1.807, 2.05) is 30.3 Å². The normalized spacial score (nSPS) is 10.7. The largest absolute Gasteiger partial charge is 0.389 e. The van der Waals surface area contributed by atoms with Gasteiger partial charge in [0.15, 0.2) is 4.34 Å². The number of thiazole rings is 1. The maximum absolute atomic E-state index is 6.10. The number of benzene rings is 2. The Bertz CT molecular complexity index is 718. The van der Waals surface area contributed by atoms with E-state index in [0.29, 0.717) is 0 Å². The molecular formula is C17H16N2S2. The zero-order valence-electron chi connectivity index (χ0n) is 11.7. The van der Waals surface area contributed by atoms with Gasteiger partial charge in [0.1, 0.15) is 10.7 Å². The van der Waals surface area contributed by atoms with Gasteiger partial charge in [-0.1, -0.05) is 83.3 Å². The van der Waals surface area contributed by atoms with Gasteiger partial charge in [-0.15, -0.1) is 0 Å². The first kappa shape index (κ1) is 14.2. The summed E-state index contributed by atoms with van der Waals surface area (Å²) in [6.07, 6.45) is 0. The summed E-state index contributed by atoms with van der Waals surface area (Å²) in [7, 11) is 0. The molecular weight excluding hydrogens is 296 g/mol. The minimum Gasteiger partial charge on any atom is -0.389 e. The lowest BCUT2D eigenvalue weighted by Crippen LogP contribution is -1.85. The second-order valence-electron chi connectivity index (χ2n) is 4.83. The van der Waals surface area contributed by atoms with Crippen LogP contribution >= 0.6 is 23.1 Å². The Hall–Kier alpha value is -1.78. The van der Waals surface area contributed by atoms with Crippen LogP contribution in [-0.2, 0) is 5.75 Å². The van der Waals surface area contributed by atoms with E-state index in [1.54, 1.807) is 23.1 Å². The maximum Gasteiger partial charge on any atom is 0.152 e. The number of hydrogen-bond donors (Lipinski definition) is 1. The summed E-state index contributed by atoms with van der Waals surface area (Å²) in [5, 5.41) is 0.785. The van der Waals surface area contributed by atoms with Crippen LogP contribution in [0.1, 0.15) is 11.1 Å². The molecule has 4 heteroatoms. The molecule has 2 N–H and O–H groups in total. The summed E-state index contributed by atoms with van der Waals surface area (Å²) in [5.41, 5.74) is 10.7. The second kappa shape index (κ2) is 6.33. The third-order valence-electron chi connectivity index (χ3n) is 3.16. The molecule has 0 aliphatic rings. The van der Waals surface area contributed by atoms with Crippen LogP contribution in [0.25, 0.3) is 11.3 Å². The monoisotopic (exact) mass is 312 g/mol. The molecule has 1 aromatic heterocycles. The molecule has 0 atom stereocenters. The van der Waals surface area contributed by atoms with Crippen molar-refractivity contribution in [1.29, 1.82) is 0 Å². The number of nitrogen functional groups attached to an aromatic ring is 1. The Kier molecular flexibility index (Phi) is 4.27. The molecule has 0 amide bonds. The fraction of sp³-hybridized carbons (Fsp3) is 0.118. The number of thioether (sulfide) groups is 1. The minimum atomic E-state index is 0.785. The van der Waals surface area contributed by atoms with Gasteiger partial charge in [-0.25, -0.2) is 4.98 Å². The highest BCUT2D eigenvalue weighted by atomic mass is 32.2. The van der Waals surface area contributed by atoms with Gasteiger partial charge in [0.25, 0.3) is 0 Å². The van der Waals surface area contributed by atoms with E-state index >= 15 is 0 Å². The third kappa shape index (κ3) is 3.46. The number of hydrogen-bond acceptors (Lipinski definition) is 4. The summed E-state index contributed by atoms with van der Waals surface area (Å²) in [6.45, 7) is 2.10. The van der Waals surface area contributed by atoms with Crippen molar-refractivity contribution in [2.45, 2.75) is 17.0 Å². The fourth-order valence-electron chi connectivity index (χ4n) is 2.01. The highest BCUT2D eigenvalue weighted by molar-refractivity contribution is 8.00. The Morgan fingerprint density at radius 3 is 2.48 bits per heavy atom. The van der Waals surface area contributed by atoms with Gasteiger partial charge >= 0.3 is 0 Å². The summed E-state index contributed by atoms with van der Waals surface area (Å²) in [6, 6.07) is 18.7. The van der Waals surface area contributed by atoms with Gasteiger partial charge < -0.3 is 5.73 Å². The van der Waals surface area contributed by atoms with Crippen LogP contribution in [0.5, 0.6) is 0 Å². The number of aryl methyl sites for hydroxylation is 1. The van der Waals surface area contributed by atoms with Gasteiger partial charge in [0, 0.05) is 11.3 Å². The molecule has 0 bridgehead atoms. The number of rotatable bonds is 4. The van der Waals surface area contributed by atoms with Crippen molar-refractivity contribution < 1.29 is 0 Å². The van der Waals surface area contributed by atoms with E-state index in [2.05, 4.69) is 36.2 Å². The van der Waals surface area contributed by atoms with Crippen LogP contribution in [0.15, 0.2) is 58.9 Å². The highest BCUT2D eigenvalue weighted by Crippen LogP contribution is 2.36. The topological polar surface area (TPSA) is 38.9 Å². The first-order valence-electron chi connectivity index (χ1n) is 6.72. The SMILES string of the molecule is Cc1ccc(CSc2nc(-c3ccccc3)c(N)s2)cc1. The lowest BCUT2D eigenvalue weighted by Gasteiger charge is -1.99. The van der Waals surface area contributed by atoms with E-state index in [-0.39, 0.29) is 0 Å². The Morgan fingerprint density at radius 1 is 1.05 bits per heavy atom. The van der Waals surface area contributed by atoms with Crippen LogP contribution < -0.4 is 5.73 Å². The summed E-state index contributed by atoms with van der Waals surface area (Å²) >= 11 is 3.30. The average Bonchev–Trinajstić information content (AvgIpc) is 2.89. The molecule has 2 nitrogen and oxygen atoms in total. The maximum atomic E-state index is 6.10. The van der Waals surface area contributed by atoms with Crippen molar-refractivity contribution in [1.82, 2.24) is 4.98 Å². The van der Waals surface area contributed by atoms with Gasteiger partial charge in [0.05, 0.1) is 0 Å². The third-order valence-corrected chi connectivity index (χ3v) is 5.26. The molecule has 106 valence electrons. The minimum absolute atomic E-state index is 0.785. The van der Waals surface area contributed by atoms with Crippen LogP contribution in [0.3, 0.4) is 0 Å². The molecule has 0 saturated carbocycles. The number of nitrogens with zero attached hydrogens (tertiary/aromatic N) is 1. The first-order chi connectivity index (χ1) is 10.2. The molecule has 0 aliphatic carbocycles. The van der Waals surface area contributed by atoms with Crippen molar-refractivity contribution >= 4 is 28.1 Å². The fourth-order valence-corrected chi connectivity index (χ4v) is 3.91. The molecule has 0 spiro atoms. The Labute approximate surface area is 133 Å². The van der Waals surface area contributed by atoms with E-state index in [0.717, 1.165) is 26.4 Å². The lowest BCUT2D eigenvalue weighted by atomic mass is 10.2. The molecule has 0 unspecified atom stereocenters. The van der Waals surface area contributed by atoms with E-state index < -0.39 is 0 Å².